The van der Waals surface area contributed by atoms with Crippen molar-refractivity contribution in [2.45, 2.75) is 64.6 Å². The average molecular weight is 373 g/mol. The fourth-order valence-electron chi connectivity index (χ4n) is 4.38. The van der Waals surface area contributed by atoms with E-state index in [1.54, 1.807) is 11.8 Å². The van der Waals surface area contributed by atoms with E-state index in [1.807, 2.05) is 20.8 Å². The van der Waals surface area contributed by atoms with Crippen molar-refractivity contribution in [1.29, 1.82) is 0 Å². The van der Waals surface area contributed by atoms with Gasteiger partial charge in [-0.25, -0.2) is 4.98 Å². The van der Waals surface area contributed by atoms with Crippen molar-refractivity contribution >= 4 is 23.0 Å². The number of aromatic amines is 1. The maximum absolute atomic E-state index is 13.3. The summed E-state index contributed by atoms with van der Waals surface area (Å²) in [6.45, 7) is 7.15. The lowest BCUT2D eigenvalue weighted by molar-refractivity contribution is -0.160. The number of nitrogens with one attached hydrogen (secondary N) is 1. The van der Waals surface area contributed by atoms with E-state index in [9.17, 15) is 14.4 Å². The predicted molar refractivity (Wildman–Crippen MR) is 96.3 cm³/mol. The minimum Gasteiger partial charge on any atom is -0.460 e. The lowest BCUT2D eigenvalue weighted by atomic mass is 9.89. The first-order valence-corrected chi connectivity index (χ1v) is 9.19. The fraction of sp³-hybridized carbons (Fsp3) is 0.579. The van der Waals surface area contributed by atoms with Gasteiger partial charge >= 0.3 is 5.97 Å². The second-order valence-electron chi connectivity index (χ2n) is 8.33. The first kappa shape index (κ1) is 17.8. The molecule has 2 aliphatic heterocycles. The number of aryl methyl sites for hydroxylation is 1. The van der Waals surface area contributed by atoms with Crippen LogP contribution in [0.2, 0.25) is 0 Å². The molecule has 1 N–H and O–H groups in total. The summed E-state index contributed by atoms with van der Waals surface area (Å²) in [4.78, 5) is 46.4. The number of fused-ring (bicyclic) bond motifs is 3. The zero-order chi connectivity index (χ0) is 19.5. The Morgan fingerprint density at radius 1 is 1.33 bits per heavy atom. The zero-order valence-electron chi connectivity index (χ0n) is 15.9. The van der Waals surface area contributed by atoms with Crippen molar-refractivity contribution < 1.29 is 18.7 Å². The molecular formula is C19H23N3O5. The molecule has 0 radical (unpaired) electrons. The van der Waals surface area contributed by atoms with Gasteiger partial charge in [0, 0.05) is 12.1 Å². The van der Waals surface area contributed by atoms with Crippen LogP contribution in [0.25, 0.3) is 11.1 Å². The Morgan fingerprint density at radius 2 is 2.07 bits per heavy atom. The highest BCUT2D eigenvalue weighted by atomic mass is 16.6. The molecule has 27 heavy (non-hydrogen) atoms. The molecule has 2 aliphatic rings. The van der Waals surface area contributed by atoms with E-state index in [4.69, 9.17) is 9.15 Å². The topological polar surface area (TPSA) is 106 Å². The molecule has 0 spiro atoms. The van der Waals surface area contributed by atoms with Crippen LogP contribution in [0, 0.1) is 12.8 Å². The van der Waals surface area contributed by atoms with Gasteiger partial charge in [-0.3, -0.25) is 14.4 Å². The Bertz CT molecular complexity index is 983. The molecule has 2 bridgehead atoms. The number of carbonyl (C=O) groups excluding carboxylic acids is 2. The molecule has 8 nitrogen and oxygen atoms in total. The van der Waals surface area contributed by atoms with Crippen molar-refractivity contribution in [1.82, 2.24) is 14.9 Å². The number of rotatable bonds is 2. The number of furan rings is 1. The van der Waals surface area contributed by atoms with Crippen LogP contribution >= 0.6 is 0 Å². The summed E-state index contributed by atoms with van der Waals surface area (Å²) in [5.74, 6) is -0.509. The van der Waals surface area contributed by atoms with Crippen molar-refractivity contribution in [3.05, 3.63) is 28.0 Å². The van der Waals surface area contributed by atoms with Gasteiger partial charge in [0.2, 0.25) is 5.71 Å². The van der Waals surface area contributed by atoms with Gasteiger partial charge in [-0.05, 0) is 47.0 Å². The molecule has 3 unspecified atom stereocenters. The summed E-state index contributed by atoms with van der Waals surface area (Å²) in [5.41, 5.74) is -0.587. The summed E-state index contributed by atoms with van der Waals surface area (Å²) < 4.78 is 11.1. The Morgan fingerprint density at radius 3 is 2.78 bits per heavy atom. The minimum absolute atomic E-state index is 0.0277. The number of aromatic nitrogens is 2. The molecule has 8 heteroatoms. The SMILES string of the molecule is Cc1oc2nc[nH]c(=O)c2c1C(=O)N1C2CCC1C(C(=O)OC(C)(C)C)C2. The number of hydrogen-bond donors (Lipinski definition) is 1. The smallest absolute Gasteiger partial charge is 0.311 e. The Balaban J connectivity index is 1.67. The second kappa shape index (κ2) is 5.94. The molecule has 4 rings (SSSR count). The normalized spacial score (nSPS) is 24.6. The Kier molecular flexibility index (Phi) is 3.90. The largest absolute Gasteiger partial charge is 0.460 e. The molecule has 0 aliphatic carbocycles. The molecule has 3 atom stereocenters. The highest BCUT2D eigenvalue weighted by molar-refractivity contribution is 6.06. The summed E-state index contributed by atoms with van der Waals surface area (Å²) >= 11 is 0. The first-order valence-electron chi connectivity index (χ1n) is 9.19. The van der Waals surface area contributed by atoms with Gasteiger partial charge in [-0.15, -0.1) is 0 Å². The summed E-state index contributed by atoms with van der Waals surface area (Å²) in [7, 11) is 0. The highest BCUT2D eigenvalue weighted by Gasteiger charge is 2.53. The molecule has 2 saturated heterocycles. The average Bonchev–Trinajstić information content (AvgIpc) is 3.23. The number of amides is 1. The standard InChI is InChI=1S/C19H23N3O5/c1-9-13(14-15(23)20-8-21-16(14)26-9)17(24)22-10-5-6-12(22)11(7-10)18(25)27-19(2,3)4/h8,10-12H,5-7H2,1-4H3,(H,20,21,23). The minimum atomic E-state index is -0.565. The van der Waals surface area contributed by atoms with Crippen LogP contribution in [-0.4, -0.2) is 44.4 Å². The van der Waals surface area contributed by atoms with E-state index in [-0.39, 0.29) is 46.5 Å². The lowest BCUT2D eigenvalue weighted by Gasteiger charge is -2.26. The predicted octanol–water partition coefficient (Wildman–Crippen LogP) is 2.16. The molecular weight excluding hydrogens is 350 g/mol. The van der Waals surface area contributed by atoms with Crippen LogP contribution in [0.1, 0.15) is 56.2 Å². The van der Waals surface area contributed by atoms with Crippen LogP contribution in [0.4, 0.5) is 0 Å². The first-order chi connectivity index (χ1) is 12.7. The van der Waals surface area contributed by atoms with E-state index < -0.39 is 11.2 Å². The van der Waals surface area contributed by atoms with Crippen molar-refractivity contribution in [2.75, 3.05) is 0 Å². The Labute approximate surface area is 155 Å². The highest BCUT2D eigenvalue weighted by Crippen LogP contribution is 2.44. The van der Waals surface area contributed by atoms with E-state index in [2.05, 4.69) is 9.97 Å². The lowest BCUT2D eigenvalue weighted by Crippen LogP contribution is -2.40. The monoisotopic (exact) mass is 373 g/mol. The van der Waals surface area contributed by atoms with Crippen LogP contribution in [0.15, 0.2) is 15.5 Å². The van der Waals surface area contributed by atoms with Gasteiger partial charge in [-0.2, -0.15) is 0 Å². The summed E-state index contributed by atoms with van der Waals surface area (Å²) in [6, 6.07) is -0.238. The number of carbonyl (C=O) groups is 2. The third-order valence-corrected chi connectivity index (χ3v) is 5.36. The third-order valence-electron chi connectivity index (χ3n) is 5.36. The van der Waals surface area contributed by atoms with Gasteiger partial charge in [0.15, 0.2) is 0 Å². The molecule has 4 heterocycles. The summed E-state index contributed by atoms with van der Waals surface area (Å²) in [6.07, 6.45) is 3.44. The van der Waals surface area contributed by atoms with E-state index in [0.29, 0.717) is 12.2 Å². The maximum Gasteiger partial charge on any atom is 0.311 e. The van der Waals surface area contributed by atoms with Gasteiger partial charge in [-0.1, -0.05) is 0 Å². The quantitative estimate of drug-likeness (QED) is 0.809. The van der Waals surface area contributed by atoms with Gasteiger partial charge in [0.1, 0.15) is 16.7 Å². The van der Waals surface area contributed by atoms with Crippen molar-refractivity contribution in [2.24, 2.45) is 5.92 Å². The summed E-state index contributed by atoms with van der Waals surface area (Å²) in [5, 5.41) is 0.167. The molecule has 2 fully saturated rings. The van der Waals surface area contributed by atoms with Crippen molar-refractivity contribution in [3.63, 3.8) is 0 Å². The Hall–Kier alpha value is -2.64. The molecule has 2 aromatic rings. The zero-order valence-corrected chi connectivity index (χ0v) is 15.9. The van der Waals surface area contributed by atoms with E-state index >= 15 is 0 Å². The van der Waals surface area contributed by atoms with Crippen LogP contribution in [-0.2, 0) is 9.53 Å². The fourth-order valence-corrected chi connectivity index (χ4v) is 4.38. The van der Waals surface area contributed by atoms with Gasteiger partial charge in [0.25, 0.3) is 11.5 Å². The van der Waals surface area contributed by atoms with Crippen LogP contribution in [0.5, 0.6) is 0 Å². The van der Waals surface area contributed by atoms with Gasteiger partial charge < -0.3 is 19.0 Å². The second-order valence-corrected chi connectivity index (χ2v) is 8.33. The third kappa shape index (κ3) is 2.83. The number of nitrogens with zero attached hydrogens (tertiary/aromatic N) is 2. The number of H-pyrrole nitrogens is 1. The molecule has 1 amide bonds. The maximum atomic E-state index is 13.3. The van der Waals surface area contributed by atoms with Gasteiger partial charge in [0.05, 0.1) is 17.8 Å². The molecule has 0 saturated carbocycles. The number of ether oxygens (including phenoxy) is 1. The molecule has 2 aromatic heterocycles. The molecule has 0 aromatic carbocycles. The number of esters is 1. The van der Waals surface area contributed by atoms with Crippen LogP contribution < -0.4 is 5.56 Å². The number of hydrogen-bond acceptors (Lipinski definition) is 6. The van der Waals surface area contributed by atoms with E-state index in [0.717, 1.165) is 12.8 Å². The van der Waals surface area contributed by atoms with Crippen molar-refractivity contribution in [3.8, 4) is 0 Å². The van der Waals surface area contributed by atoms with Crippen LogP contribution in [0.3, 0.4) is 0 Å². The molecule has 144 valence electrons. The van der Waals surface area contributed by atoms with E-state index in [1.165, 1.54) is 6.33 Å².